The minimum atomic E-state index is 1.15. The highest BCUT2D eigenvalue weighted by Gasteiger charge is 2.22. The Morgan fingerprint density at radius 1 is 0.263 bits per heavy atom. The molecule has 3 heteroatoms. The Hall–Kier alpha value is -7.62. The van der Waals surface area contributed by atoms with Crippen molar-refractivity contribution in [2.45, 2.75) is 0 Å². The molecule has 3 aromatic heterocycles. The third kappa shape index (κ3) is 4.66. The molecule has 0 saturated heterocycles. The van der Waals surface area contributed by atoms with Gasteiger partial charge < -0.3 is 13.7 Å². The molecule has 9 aromatic carbocycles. The van der Waals surface area contributed by atoms with Crippen molar-refractivity contribution < 1.29 is 0 Å². The maximum absolute atomic E-state index is 2.48. The highest BCUT2D eigenvalue weighted by molar-refractivity contribution is 6.29. The Balaban J connectivity index is 1.14. The summed E-state index contributed by atoms with van der Waals surface area (Å²) in [6, 6.07) is 77.3. The summed E-state index contributed by atoms with van der Waals surface area (Å²) in [4.78, 5) is 0. The Morgan fingerprint density at radius 3 is 1.49 bits per heavy atom. The van der Waals surface area contributed by atoms with Gasteiger partial charge in [0.05, 0.1) is 38.8 Å². The minimum absolute atomic E-state index is 1.15. The summed E-state index contributed by atoms with van der Waals surface area (Å²) in [5.41, 5.74) is 15.5. The second-order valence-corrected chi connectivity index (χ2v) is 14.9. The zero-order chi connectivity index (χ0) is 37.5. The third-order valence-corrected chi connectivity index (χ3v) is 11.8. The maximum atomic E-state index is 2.48. The van der Waals surface area contributed by atoms with Crippen LogP contribution < -0.4 is 0 Å². The minimum Gasteiger partial charge on any atom is -0.309 e. The van der Waals surface area contributed by atoms with Gasteiger partial charge in [0.1, 0.15) is 0 Å². The van der Waals surface area contributed by atoms with Gasteiger partial charge in [-0.2, -0.15) is 0 Å². The summed E-state index contributed by atoms with van der Waals surface area (Å²) in [5, 5.41) is 7.54. The highest BCUT2D eigenvalue weighted by Crippen LogP contribution is 2.45. The summed E-state index contributed by atoms with van der Waals surface area (Å²) in [5.74, 6) is 0. The summed E-state index contributed by atoms with van der Waals surface area (Å²) in [6.45, 7) is 0. The van der Waals surface area contributed by atoms with Crippen LogP contribution in [-0.2, 0) is 0 Å². The average molecular weight is 726 g/mol. The van der Waals surface area contributed by atoms with Gasteiger partial charge in [-0.15, -0.1) is 0 Å². The topological polar surface area (TPSA) is 14.8 Å². The van der Waals surface area contributed by atoms with Gasteiger partial charge >= 0.3 is 0 Å². The van der Waals surface area contributed by atoms with E-state index < -0.39 is 0 Å². The summed E-state index contributed by atoms with van der Waals surface area (Å²) in [6.07, 6.45) is 0. The smallest absolute Gasteiger partial charge is 0.0619 e. The van der Waals surface area contributed by atoms with Gasteiger partial charge in [0.2, 0.25) is 0 Å². The molecule has 266 valence electrons. The third-order valence-electron chi connectivity index (χ3n) is 11.8. The van der Waals surface area contributed by atoms with Crippen molar-refractivity contribution in [3.63, 3.8) is 0 Å². The molecule has 0 bridgehead atoms. The number of nitrogens with zero attached hydrogens (tertiary/aromatic N) is 3. The predicted octanol–water partition coefficient (Wildman–Crippen LogP) is 14.3. The molecule has 0 N–H and O–H groups in total. The van der Waals surface area contributed by atoms with Crippen LogP contribution >= 0.6 is 0 Å². The van der Waals surface area contributed by atoms with Crippen LogP contribution in [-0.4, -0.2) is 13.7 Å². The zero-order valence-electron chi connectivity index (χ0n) is 31.0. The van der Waals surface area contributed by atoms with E-state index >= 15 is 0 Å². The van der Waals surface area contributed by atoms with Gasteiger partial charge in [-0.1, -0.05) is 152 Å². The van der Waals surface area contributed by atoms with Crippen molar-refractivity contribution >= 4 is 65.4 Å². The van der Waals surface area contributed by atoms with Crippen LogP contribution in [0.2, 0.25) is 0 Å². The van der Waals surface area contributed by atoms with Crippen molar-refractivity contribution in [2.75, 3.05) is 0 Å². The summed E-state index contributed by atoms with van der Waals surface area (Å²) in [7, 11) is 0. The van der Waals surface area contributed by atoms with Crippen molar-refractivity contribution in [1.82, 2.24) is 13.7 Å². The van der Waals surface area contributed by atoms with Crippen LogP contribution in [0.1, 0.15) is 0 Å². The second-order valence-electron chi connectivity index (χ2n) is 14.9. The van der Waals surface area contributed by atoms with Crippen molar-refractivity contribution in [3.8, 4) is 39.3 Å². The van der Waals surface area contributed by atoms with Crippen LogP contribution in [0.25, 0.3) is 105 Å². The van der Waals surface area contributed by atoms with Crippen LogP contribution in [0.5, 0.6) is 0 Å². The first-order chi connectivity index (χ1) is 28.3. The Kier molecular flexibility index (Phi) is 6.93. The molecule has 0 amide bonds. The lowest BCUT2D eigenvalue weighted by molar-refractivity contribution is 1.17. The van der Waals surface area contributed by atoms with Gasteiger partial charge in [0.15, 0.2) is 0 Å². The molecule has 0 aliphatic heterocycles. The van der Waals surface area contributed by atoms with E-state index in [1.165, 1.54) is 87.7 Å². The number of fused-ring (bicyclic) bond motifs is 10. The van der Waals surface area contributed by atoms with E-state index in [1.807, 2.05) is 0 Å². The van der Waals surface area contributed by atoms with E-state index in [-0.39, 0.29) is 0 Å². The number of hydrogen-bond acceptors (Lipinski definition) is 0. The Morgan fingerprint density at radius 2 is 0.789 bits per heavy atom. The van der Waals surface area contributed by atoms with Gasteiger partial charge in [-0.3, -0.25) is 0 Å². The Bertz CT molecular complexity index is 3500. The fourth-order valence-electron chi connectivity index (χ4n) is 9.48. The molecule has 0 atom stereocenters. The second kappa shape index (κ2) is 12.5. The molecule has 0 saturated carbocycles. The van der Waals surface area contributed by atoms with Gasteiger partial charge in [-0.05, 0) is 71.8 Å². The van der Waals surface area contributed by atoms with Crippen LogP contribution in [0, 0.1) is 0 Å². The monoisotopic (exact) mass is 725 g/mol. The lowest BCUT2D eigenvalue weighted by Crippen LogP contribution is -1.98. The van der Waals surface area contributed by atoms with Crippen molar-refractivity contribution in [1.29, 1.82) is 0 Å². The molecule has 0 aliphatic rings. The molecule has 0 unspecified atom stereocenters. The SMILES string of the molecule is c1ccc(-c2cccc3c4ccc(-c5ccccc5-n5c6ccccc6c6c7c8ccccc8n(-c8ccccc8)c7ccc65)cc4n(-c4ccccc4)c23)cc1. The summed E-state index contributed by atoms with van der Waals surface area (Å²) >= 11 is 0. The molecule has 3 nitrogen and oxygen atoms in total. The number of aromatic nitrogens is 3. The lowest BCUT2D eigenvalue weighted by atomic mass is 10.00. The molecule has 12 aromatic rings. The van der Waals surface area contributed by atoms with E-state index in [9.17, 15) is 0 Å². The van der Waals surface area contributed by atoms with E-state index in [0.717, 1.165) is 17.1 Å². The van der Waals surface area contributed by atoms with Crippen molar-refractivity contribution in [3.05, 3.63) is 212 Å². The van der Waals surface area contributed by atoms with Crippen LogP contribution in [0.3, 0.4) is 0 Å². The van der Waals surface area contributed by atoms with Crippen molar-refractivity contribution in [2.24, 2.45) is 0 Å². The molecule has 57 heavy (non-hydrogen) atoms. The number of rotatable bonds is 5. The zero-order valence-corrected chi connectivity index (χ0v) is 31.0. The van der Waals surface area contributed by atoms with E-state index in [1.54, 1.807) is 0 Å². The fraction of sp³-hybridized carbons (Fsp3) is 0. The number of para-hydroxylation sites is 6. The highest BCUT2D eigenvalue weighted by atomic mass is 15.0. The van der Waals surface area contributed by atoms with E-state index in [4.69, 9.17) is 0 Å². The predicted molar refractivity (Wildman–Crippen MR) is 240 cm³/mol. The van der Waals surface area contributed by atoms with E-state index in [0.29, 0.717) is 0 Å². The quantitative estimate of drug-likeness (QED) is 0.168. The maximum Gasteiger partial charge on any atom is 0.0619 e. The van der Waals surface area contributed by atoms with Gasteiger partial charge in [0, 0.05) is 54.8 Å². The van der Waals surface area contributed by atoms with Gasteiger partial charge in [0.25, 0.3) is 0 Å². The molecule has 0 fully saturated rings. The molecular weight excluding hydrogens is 691 g/mol. The fourth-order valence-corrected chi connectivity index (χ4v) is 9.48. The molecule has 12 rings (SSSR count). The van der Waals surface area contributed by atoms with Crippen LogP contribution in [0.15, 0.2) is 212 Å². The average Bonchev–Trinajstić information content (AvgIpc) is 3.92. The standard InChI is InChI=1S/C54H35N3/c1-4-17-36(18-5-1)41-26-16-27-43-42-32-31-37(35-51(42)56(54(41)43)39-21-8-3-9-22-39)40-23-10-13-28-46(40)57-48-30-15-12-25-45(48)53-50(57)34-33-49-52(53)44-24-11-14-29-47(44)55(49)38-19-6-2-7-20-38/h1-35H. The molecule has 0 aliphatic carbocycles. The first-order valence-electron chi connectivity index (χ1n) is 19.6. The first kappa shape index (κ1) is 31.7. The summed E-state index contributed by atoms with van der Waals surface area (Å²) < 4.78 is 7.35. The molecule has 3 heterocycles. The molecule has 0 radical (unpaired) electrons. The first-order valence-corrected chi connectivity index (χ1v) is 19.6. The molecule has 0 spiro atoms. The Labute approximate surface area is 329 Å². The molecular formula is C54H35N3. The lowest BCUT2D eigenvalue weighted by Gasteiger charge is -2.15. The number of benzene rings is 9. The largest absolute Gasteiger partial charge is 0.309 e. The normalized spacial score (nSPS) is 11.9. The number of hydrogen-bond donors (Lipinski definition) is 0. The van der Waals surface area contributed by atoms with Gasteiger partial charge in [-0.25, -0.2) is 0 Å². The van der Waals surface area contributed by atoms with Crippen LogP contribution in [0.4, 0.5) is 0 Å². The van der Waals surface area contributed by atoms with E-state index in [2.05, 4.69) is 226 Å².